The molecule has 2 N–H and O–H groups in total. The second-order valence-electron chi connectivity index (χ2n) is 4.28. The molecule has 0 aliphatic carbocycles. The van der Waals surface area contributed by atoms with Crippen LogP contribution in [0.2, 0.25) is 0 Å². The number of sulfonamides is 1. The number of anilines is 1. The number of aryl methyl sites for hydroxylation is 1. The number of aromatic amines is 1. The highest BCUT2D eigenvalue weighted by atomic mass is 32.2. The van der Waals surface area contributed by atoms with Gasteiger partial charge in [-0.15, -0.1) is 0 Å². The third-order valence-corrected chi connectivity index (χ3v) is 4.15. The smallest absolute Gasteiger partial charge is 0.278 e. The van der Waals surface area contributed by atoms with Crippen molar-refractivity contribution in [3.63, 3.8) is 0 Å². The van der Waals surface area contributed by atoms with Crippen molar-refractivity contribution in [2.24, 2.45) is 0 Å². The van der Waals surface area contributed by atoms with Gasteiger partial charge >= 0.3 is 0 Å². The van der Waals surface area contributed by atoms with E-state index in [1.807, 2.05) is 6.92 Å². The molecule has 0 bridgehead atoms. The van der Waals surface area contributed by atoms with Crippen LogP contribution in [0.15, 0.2) is 48.0 Å². The van der Waals surface area contributed by atoms with Crippen LogP contribution < -0.4 is 4.72 Å². The summed E-state index contributed by atoms with van der Waals surface area (Å²) in [6, 6.07) is 4.72. The first kappa shape index (κ1) is 13.3. The molecular weight excluding hydrogens is 292 g/mol. The van der Waals surface area contributed by atoms with E-state index >= 15 is 0 Å². The minimum Gasteiger partial charge on any atom is -0.288 e. The summed E-state index contributed by atoms with van der Waals surface area (Å²) in [5, 5.41) is 6.02. The van der Waals surface area contributed by atoms with Gasteiger partial charge in [-0.3, -0.25) is 14.4 Å². The lowest BCUT2D eigenvalue weighted by molar-refractivity contribution is 0.597. The number of rotatable bonds is 4. The standard InChI is InChI=1S/C12H12N6O2S/c1-9-13-6-7-18(9)11-3-2-10(8-14-11)17-21(19,20)12-4-5-15-16-12/h2-8,17H,1H3,(H,15,16). The Morgan fingerprint density at radius 1 is 1.19 bits per heavy atom. The zero-order valence-corrected chi connectivity index (χ0v) is 11.9. The minimum absolute atomic E-state index is 0.00275. The highest BCUT2D eigenvalue weighted by Crippen LogP contribution is 2.15. The molecule has 0 atom stereocenters. The fourth-order valence-electron chi connectivity index (χ4n) is 1.81. The van der Waals surface area contributed by atoms with Gasteiger partial charge < -0.3 is 0 Å². The van der Waals surface area contributed by atoms with Crippen molar-refractivity contribution >= 4 is 15.7 Å². The molecule has 0 fully saturated rings. The molecule has 3 rings (SSSR count). The van der Waals surface area contributed by atoms with Gasteiger partial charge in [0.2, 0.25) is 0 Å². The lowest BCUT2D eigenvalue weighted by Crippen LogP contribution is -2.13. The fourth-order valence-corrected chi connectivity index (χ4v) is 2.77. The van der Waals surface area contributed by atoms with Crippen LogP contribution in [0.4, 0.5) is 5.69 Å². The first-order chi connectivity index (χ1) is 10.1. The Hall–Kier alpha value is -2.68. The van der Waals surface area contributed by atoms with E-state index < -0.39 is 10.0 Å². The summed E-state index contributed by atoms with van der Waals surface area (Å²) >= 11 is 0. The average Bonchev–Trinajstić information content (AvgIpc) is 3.10. The fraction of sp³-hybridized carbons (Fsp3) is 0.0833. The number of nitrogens with one attached hydrogen (secondary N) is 2. The summed E-state index contributed by atoms with van der Waals surface area (Å²) in [6.45, 7) is 1.86. The molecule has 9 heteroatoms. The molecule has 0 spiro atoms. The Bertz CT molecular complexity index is 836. The van der Waals surface area contributed by atoms with E-state index in [1.165, 1.54) is 18.5 Å². The van der Waals surface area contributed by atoms with E-state index in [0.717, 1.165) is 5.82 Å². The third-order valence-electron chi connectivity index (χ3n) is 2.84. The molecule has 21 heavy (non-hydrogen) atoms. The number of imidazole rings is 1. The Kier molecular flexibility index (Phi) is 3.18. The van der Waals surface area contributed by atoms with Crippen molar-refractivity contribution in [1.29, 1.82) is 0 Å². The van der Waals surface area contributed by atoms with E-state index in [2.05, 4.69) is 24.9 Å². The van der Waals surface area contributed by atoms with Gasteiger partial charge in [0.05, 0.1) is 18.1 Å². The van der Waals surface area contributed by atoms with E-state index in [4.69, 9.17) is 0 Å². The van der Waals surface area contributed by atoms with Gasteiger partial charge in [-0.25, -0.2) is 9.97 Å². The summed E-state index contributed by atoms with van der Waals surface area (Å²) in [5.74, 6) is 1.46. The SMILES string of the molecule is Cc1nccn1-c1ccc(NS(=O)(=O)c2ccn[nH]2)cn1. The monoisotopic (exact) mass is 304 g/mol. The minimum atomic E-state index is -3.67. The molecule has 0 saturated carbocycles. The summed E-state index contributed by atoms with van der Waals surface area (Å²) < 4.78 is 28.2. The largest absolute Gasteiger partial charge is 0.288 e. The molecule has 108 valence electrons. The van der Waals surface area contributed by atoms with Crippen LogP contribution in [0.5, 0.6) is 0 Å². The van der Waals surface area contributed by atoms with Crippen LogP contribution in [0.25, 0.3) is 5.82 Å². The van der Waals surface area contributed by atoms with Crippen LogP contribution in [0, 0.1) is 6.92 Å². The maximum atomic E-state index is 12.0. The summed E-state index contributed by atoms with van der Waals surface area (Å²) in [5.41, 5.74) is 0.367. The first-order valence-corrected chi connectivity index (χ1v) is 7.53. The van der Waals surface area contributed by atoms with Crippen molar-refractivity contribution < 1.29 is 8.42 Å². The molecule has 0 aromatic carbocycles. The van der Waals surface area contributed by atoms with Crippen LogP contribution in [0.3, 0.4) is 0 Å². The number of hydrogen-bond donors (Lipinski definition) is 2. The van der Waals surface area contributed by atoms with Crippen LogP contribution >= 0.6 is 0 Å². The van der Waals surface area contributed by atoms with Gasteiger partial charge in [-0.1, -0.05) is 0 Å². The topological polar surface area (TPSA) is 106 Å². The van der Waals surface area contributed by atoms with Crippen molar-refractivity contribution in [2.45, 2.75) is 11.9 Å². The molecule has 0 radical (unpaired) electrons. The van der Waals surface area contributed by atoms with E-state index in [9.17, 15) is 8.42 Å². The Labute approximate surface area is 120 Å². The van der Waals surface area contributed by atoms with Crippen molar-refractivity contribution in [3.8, 4) is 5.82 Å². The maximum absolute atomic E-state index is 12.0. The molecule has 8 nitrogen and oxygen atoms in total. The number of aromatic nitrogens is 5. The Morgan fingerprint density at radius 3 is 2.62 bits per heavy atom. The summed E-state index contributed by atoms with van der Waals surface area (Å²) in [7, 11) is -3.67. The zero-order valence-electron chi connectivity index (χ0n) is 11.1. The molecular formula is C12H12N6O2S. The molecule has 0 unspecified atom stereocenters. The first-order valence-electron chi connectivity index (χ1n) is 6.05. The normalized spacial score (nSPS) is 11.5. The number of hydrogen-bond acceptors (Lipinski definition) is 5. The quantitative estimate of drug-likeness (QED) is 0.751. The second-order valence-corrected chi connectivity index (χ2v) is 5.93. The predicted octanol–water partition coefficient (Wildman–Crippen LogP) is 1.10. The van der Waals surface area contributed by atoms with Gasteiger partial charge in [-0.05, 0) is 25.1 Å². The summed E-state index contributed by atoms with van der Waals surface area (Å²) in [6.07, 6.45) is 6.28. The van der Waals surface area contributed by atoms with E-state index in [1.54, 1.807) is 29.1 Å². The maximum Gasteiger partial charge on any atom is 0.278 e. The number of pyridine rings is 1. The van der Waals surface area contributed by atoms with Crippen molar-refractivity contribution in [3.05, 3.63) is 48.8 Å². The molecule has 3 aromatic heterocycles. The average molecular weight is 304 g/mol. The molecule has 0 aliphatic rings. The van der Waals surface area contributed by atoms with Crippen molar-refractivity contribution in [2.75, 3.05) is 4.72 Å². The lowest BCUT2D eigenvalue weighted by atomic mass is 10.4. The van der Waals surface area contributed by atoms with Gasteiger partial charge in [-0.2, -0.15) is 13.5 Å². The second kappa shape index (κ2) is 5.02. The van der Waals surface area contributed by atoms with Crippen molar-refractivity contribution in [1.82, 2.24) is 24.7 Å². The highest BCUT2D eigenvalue weighted by molar-refractivity contribution is 7.92. The third kappa shape index (κ3) is 2.63. The molecule has 0 amide bonds. The van der Waals surface area contributed by atoms with Gasteiger partial charge in [0.1, 0.15) is 11.6 Å². The lowest BCUT2D eigenvalue weighted by Gasteiger charge is -2.07. The number of nitrogens with zero attached hydrogens (tertiary/aromatic N) is 4. The molecule has 3 heterocycles. The molecule has 0 saturated heterocycles. The van der Waals surface area contributed by atoms with Crippen LogP contribution in [0.1, 0.15) is 5.82 Å². The molecule has 0 aliphatic heterocycles. The molecule has 3 aromatic rings. The van der Waals surface area contributed by atoms with E-state index in [0.29, 0.717) is 11.5 Å². The Balaban J connectivity index is 1.84. The van der Waals surface area contributed by atoms with Gasteiger partial charge in [0.25, 0.3) is 10.0 Å². The number of H-pyrrole nitrogens is 1. The summed E-state index contributed by atoms with van der Waals surface area (Å²) in [4.78, 5) is 8.33. The predicted molar refractivity (Wildman–Crippen MR) is 75.5 cm³/mol. The van der Waals surface area contributed by atoms with E-state index in [-0.39, 0.29) is 5.03 Å². The highest BCUT2D eigenvalue weighted by Gasteiger charge is 2.15. The Morgan fingerprint density at radius 2 is 2.05 bits per heavy atom. The van der Waals surface area contributed by atoms with Crippen LogP contribution in [-0.4, -0.2) is 33.2 Å². The zero-order chi connectivity index (χ0) is 14.9. The van der Waals surface area contributed by atoms with Gasteiger partial charge in [0.15, 0.2) is 5.03 Å². The van der Waals surface area contributed by atoms with Crippen LogP contribution in [-0.2, 0) is 10.0 Å². The van der Waals surface area contributed by atoms with Gasteiger partial charge in [0, 0.05) is 12.4 Å².